The van der Waals surface area contributed by atoms with Crippen LogP contribution in [0.4, 0.5) is 0 Å². The van der Waals surface area contributed by atoms with Gasteiger partial charge in [0.2, 0.25) is 5.91 Å². The number of nitrogens with one attached hydrogen (secondary N) is 1. The first-order valence-electron chi connectivity index (χ1n) is 11.1. The van der Waals surface area contributed by atoms with Gasteiger partial charge in [-0.15, -0.1) is 0 Å². The Morgan fingerprint density at radius 3 is 2.63 bits per heavy atom. The lowest BCUT2D eigenvalue weighted by Gasteiger charge is -2.30. The molecule has 1 atom stereocenters. The van der Waals surface area contributed by atoms with Crippen LogP contribution in [0, 0.1) is 5.92 Å². The molecule has 0 radical (unpaired) electrons. The summed E-state index contributed by atoms with van der Waals surface area (Å²) in [6, 6.07) is 16.5. The Labute approximate surface area is 178 Å². The van der Waals surface area contributed by atoms with E-state index in [1.165, 1.54) is 11.1 Å². The molecule has 2 aromatic carbocycles. The summed E-state index contributed by atoms with van der Waals surface area (Å²) in [5, 5.41) is 11.7. The predicted molar refractivity (Wildman–Crippen MR) is 116 cm³/mol. The third kappa shape index (κ3) is 5.14. The topological polar surface area (TPSA) is 67.8 Å². The SMILES string of the molecule is O=C(NCCCO)C1CCC(Oc2ccc3c(c2)CCC(c2ccccc2)O3)CC1. The van der Waals surface area contributed by atoms with Crippen molar-refractivity contribution in [2.75, 3.05) is 13.2 Å². The lowest BCUT2D eigenvalue weighted by Crippen LogP contribution is -2.36. The van der Waals surface area contributed by atoms with Gasteiger partial charge in [-0.2, -0.15) is 0 Å². The van der Waals surface area contributed by atoms with Gasteiger partial charge in [0.05, 0.1) is 6.10 Å². The average Bonchev–Trinajstić information content (AvgIpc) is 2.80. The Bertz CT molecular complexity index is 830. The van der Waals surface area contributed by atoms with Crippen LogP contribution < -0.4 is 14.8 Å². The number of hydrogen-bond donors (Lipinski definition) is 2. The molecule has 1 heterocycles. The van der Waals surface area contributed by atoms with E-state index in [0.29, 0.717) is 13.0 Å². The number of fused-ring (bicyclic) bond motifs is 1. The zero-order chi connectivity index (χ0) is 20.8. The fraction of sp³-hybridized carbons (Fsp3) is 0.480. The first-order chi connectivity index (χ1) is 14.7. The minimum Gasteiger partial charge on any atom is -0.490 e. The highest BCUT2D eigenvalue weighted by atomic mass is 16.5. The molecule has 1 fully saturated rings. The molecule has 1 saturated carbocycles. The van der Waals surface area contributed by atoms with Crippen molar-refractivity contribution in [1.82, 2.24) is 5.32 Å². The van der Waals surface area contributed by atoms with E-state index in [2.05, 4.69) is 35.6 Å². The maximum absolute atomic E-state index is 12.2. The van der Waals surface area contributed by atoms with Crippen LogP contribution in [0.3, 0.4) is 0 Å². The molecule has 1 amide bonds. The summed E-state index contributed by atoms with van der Waals surface area (Å²) < 4.78 is 12.5. The molecule has 1 aliphatic heterocycles. The van der Waals surface area contributed by atoms with Gasteiger partial charge in [-0.3, -0.25) is 4.79 Å². The van der Waals surface area contributed by atoms with Gasteiger partial charge in [0.15, 0.2) is 0 Å². The first-order valence-corrected chi connectivity index (χ1v) is 11.1. The number of hydrogen-bond acceptors (Lipinski definition) is 4. The monoisotopic (exact) mass is 409 g/mol. The van der Waals surface area contributed by atoms with Gasteiger partial charge in [0.1, 0.15) is 17.6 Å². The van der Waals surface area contributed by atoms with Crippen LogP contribution >= 0.6 is 0 Å². The van der Waals surface area contributed by atoms with Crippen LogP contribution in [0.15, 0.2) is 48.5 Å². The minimum absolute atomic E-state index is 0.0652. The highest BCUT2D eigenvalue weighted by Crippen LogP contribution is 2.37. The molecule has 4 rings (SSSR count). The van der Waals surface area contributed by atoms with Crippen molar-refractivity contribution in [3.8, 4) is 11.5 Å². The quantitative estimate of drug-likeness (QED) is 0.673. The number of ether oxygens (including phenoxy) is 2. The molecular weight excluding hydrogens is 378 g/mol. The lowest BCUT2D eigenvalue weighted by atomic mass is 9.86. The van der Waals surface area contributed by atoms with Gasteiger partial charge in [-0.25, -0.2) is 0 Å². The normalized spacial score (nSPS) is 23.2. The molecule has 0 spiro atoms. The van der Waals surface area contributed by atoms with E-state index in [9.17, 15) is 4.79 Å². The first kappa shape index (κ1) is 20.7. The molecule has 1 aliphatic carbocycles. The van der Waals surface area contributed by atoms with Crippen molar-refractivity contribution >= 4 is 5.91 Å². The zero-order valence-corrected chi connectivity index (χ0v) is 17.4. The number of amides is 1. The molecule has 30 heavy (non-hydrogen) atoms. The van der Waals surface area contributed by atoms with Gasteiger partial charge < -0.3 is 19.9 Å². The van der Waals surface area contributed by atoms with Crippen molar-refractivity contribution in [3.05, 3.63) is 59.7 Å². The Kier molecular flexibility index (Phi) is 6.90. The van der Waals surface area contributed by atoms with E-state index in [0.717, 1.165) is 50.0 Å². The summed E-state index contributed by atoms with van der Waals surface area (Å²) in [4.78, 5) is 12.2. The van der Waals surface area contributed by atoms with Crippen LogP contribution in [-0.4, -0.2) is 30.3 Å². The molecule has 0 aromatic heterocycles. The molecule has 160 valence electrons. The second-order valence-corrected chi connectivity index (χ2v) is 8.29. The summed E-state index contributed by atoms with van der Waals surface area (Å²) in [5.41, 5.74) is 2.43. The molecule has 5 nitrogen and oxygen atoms in total. The van der Waals surface area contributed by atoms with Crippen LogP contribution in [0.1, 0.15) is 55.8 Å². The number of carbonyl (C=O) groups is 1. The molecule has 0 bridgehead atoms. The molecule has 2 N–H and O–H groups in total. The fourth-order valence-electron chi connectivity index (χ4n) is 4.41. The Morgan fingerprint density at radius 2 is 1.87 bits per heavy atom. The number of aliphatic hydroxyl groups excluding tert-OH is 1. The summed E-state index contributed by atoms with van der Waals surface area (Å²) in [6.45, 7) is 0.660. The number of aliphatic hydroxyl groups is 1. The van der Waals surface area contributed by atoms with Crippen molar-refractivity contribution < 1.29 is 19.4 Å². The summed E-state index contributed by atoms with van der Waals surface area (Å²) in [5.74, 6) is 2.02. The van der Waals surface area contributed by atoms with Crippen LogP contribution in [0.2, 0.25) is 0 Å². The van der Waals surface area contributed by atoms with Gasteiger partial charge in [0, 0.05) is 19.1 Å². The lowest BCUT2D eigenvalue weighted by molar-refractivity contribution is -0.126. The van der Waals surface area contributed by atoms with Crippen LogP contribution in [0.25, 0.3) is 0 Å². The average molecular weight is 410 g/mol. The third-order valence-electron chi connectivity index (χ3n) is 6.13. The Balaban J connectivity index is 1.28. The largest absolute Gasteiger partial charge is 0.490 e. The molecular formula is C25H31NO4. The van der Waals surface area contributed by atoms with E-state index in [-0.39, 0.29) is 30.6 Å². The predicted octanol–water partition coefficient (Wildman–Crippen LogP) is 4.19. The summed E-state index contributed by atoms with van der Waals surface area (Å²) in [7, 11) is 0. The highest BCUT2D eigenvalue weighted by molar-refractivity contribution is 5.78. The highest BCUT2D eigenvalue weighted by Gasteiger charge is 2.27. The zero-order valence-electron chi connectivity index (χ0n) is 17.4. The van der Waals surface area contributed by atoms with E-state index in [1.807, 2.05) is 18.2 Å². The van der Waals surface area contributed by atoms with Crippen LogP contribution in [0.5, 0.6) is 11.5 Å². The number of rotatable bonds is 7. The minimum atomic E-state index is 0.0652. The third-order valence-corrected chi connectivity index (χ3v) is 6.13. The van der Waals surface area contributed by atoms with E-state index in [4.69, 9.17) is 14.6 Å². The standard InChI is InChI=1S/C25H31NO4/c27-16-4-15-26-25(28)19-7-10-21(11-8-19)29-22-12-14-24-20(17-22)9-13-23(30-24)18-5-2-1-3-6-18/h1-3,5-6,12,14,17,19,21,23,27H,4,7-11,13,15-16H2,(H,26,28). The van der Waals surface area contributed by atoms with Gasteiger partial charge in [-0.1, -0.05) is 30.3 Å². The van der Waals surface area contributed by atoms with Gasteiger partial charge in [-0.05, 0) is 74.3 Å². The fourth-order valence-corrected chi connectivity index (χ4v) is 4.41. The summed E-state index contributed by atoms with van der Waals surface area (Å²) in [6.07, 6.45) is 6.31. The van der Waals surface area contributed by atoms with E-state index < -0.39 is 0 Å². The molecule has 5 heteroatoms. The van der Waals surface area contributed by atoms with E-state index >= 15 is 0 Å². The molecule has 2 aliphatic rings. The molecule has 0 saturated heterocycles. The number of aryl methyl sites for hydroxylation is 1. The Hall–Kier alpha value is -2.53. The smallest absolute Gasteiger partial charge is 0.223 e. The van der Waals surface area contributed by atoms with E-state index in [1.54, 1.807) is 0 Å². The number of benzene rings is 2. The molecule has 2 aromatic rings. The van der Waals surface area contributed by atoms with Gasteiger partial charge >= 0.3 is 0 Å². The summed E-state index contributed by atoms with van der Waals surface area (Å²) >= 11 is 0. The van der Waals surface area contributed by atoms with Crippen molar-refractivity contribution in [1.29, 1.82) is 0 Å². The Morgan fingerprint density at radius 1 is 1.07 bits per heavy atom. The van der Waals surface area contributed by atoms with Crippen molar-refractivity contribution in [2.24, 2.45) is 5.92 Å². The second-order valence-electron chi connectivity index (χ2n) is 8.29. The van der Waals surface area contributed by atoms with Crippen molar-refractivity contribution in [2.45, 2.75) is 57.2 Å². The van der Waals surface area contributed by atoms with Gasteiger partial charge in [0.25, 0.3) is 0 Å². The van der Waals surface area contributed by atoms with Crippen molar-refractivity contribution in [3.63, 3.8) is 0 Å². The second kappa shape index (κ2) is 9.98. The maximum atomic E-state index is 12.2. The number of carbonyl (C=O) groups excluding carboxylic acids is 1. The van der Waals surface area contributed by atoms with Crippen LogP contribution in [-0.2, 0) is 11.2 Å². The maximum Gasteiger partial charge on any atom is 0.223 e. The molecule has 1 unspecified atom stereocenters.